The summed E-state index contributed by atoms with van der Waals surface area (Å²) in [5, 5.41) is 11.0. The molecule has 0 radical (unpaired) electrons. The maximum Gasteiger partial charge on any atom is 0.257 e. The van der Waals surface area contributed by atoms with E-state index in [9.17, 15) is 17.6 Å². The van der Waals surface area contributed by atoms with Gasteiger partial charge in [-0.3, -0.25) is 10.1 Å². The van der Waals surface area contributed by atoms with Crippen LogP contribution >= 0.6 is 11.3 Å². The number of nitrogens with one attached hydrogen (secondary N) is 1. The molecule has 24 heavy (non-hydrogen) atoms. The number of benzene rings is 1. The van der Waals surface area contributed by atoms with Gasteiger partial charge >= 0.3 is 0 Å². The molecule has 1 heterocycles. The zero-order valence-electron chi connectivity index (χ0n) is 13.4. The second-order valence-corrected chi connectivity index (χ2v) is 7.90. The van der Waals surface area contributed by atoms with Gasteiger partial charge in [-0.15, -0.1) is 10.2 Å². The molecule has 7 nitrogen and oxygen atoms in total. The molecule has 0 aliphatic heterocycles. The van der Waals surface area contributed by atoms with Crippen molar-refractivity contribution in [2.24, 2.45) is 0 Å². The van der Waals surface area contributed by atoms with Gasteiger partial charge < -0.3 is 0 Å². The van der Waals surface area contributed by atoms with Crippen molar-refractivity contribution >= 4 is 32.4 Å². The van der Waals surface area contributed by atoms with Crippen LogP contribution in [0.1, 0.15) is 29.2 Å². The average molecular weight is 372 g/mol. The Morgan fingerprint density at radius 2 is 1.96 bits per heavy atom. The van der Waals surface area contributed by atoms with Crippen molar-refractivity contribution in [3.05, 3.63) is 34.6 Å². The molecule has 2 aromatic rings. The average Bonchev–Trinajstić information content (AvgIpc) is 2.93. The maximum atomic E-state index is 14.0. The summed E-state index contributed by atoms with van der Waals surface area (Å²) in [5.74, 6) is -1.48. The minimum Gasteiger partial charge on any atom is -0.296 e. The highest BCUT2D eigenvalue weighted by Crippen LogP contribution is 2.22. The Morgan fingerprint density at radius 3 is 2.50 bits per heavy atom. The van der Waals surface area contributed by atoms with E-state index in [0.717, 1.165) is 16.4 Å². The molecule has 0 saturated heterocycles. The van der Waals surface area contributed by atoms with E-state index in [1.165, 1.54) is 17.4 Å². The Labute approximate surface area is 143 Å². The molecule has 0 unspecified atom stereocenters. The van der Waals surface area contributed by atoms with E-state index in [-0.39, 0.29) is 23.8 Å². The lowest BCUT2D eigenvalue weighted by molar-refractivity contribution is 0.102. The third-order valence-electron chi connectivity index (χ3n) is 3.26. The molecule has 0 saturated carbocycles. The molecule has 1 N–H and O–H groups in total. The Hall–Kier alpha value is -1.91. The first-order valence-corrected chi connectivity index (χ1v) is 9.46. The minimum absolute atomic E-state index is 0.0231. The van der Waals surface area contributed by atoms with E-state index >= 15 is 0 Å². The summed E-state index contributed by atoms with van der Waals surface area (Å²) < 4.78 is 40.1. The third-order valence-corrected chi connectivity index (χ3v) is 6.08. The van der Waals surface area contributed by atoms with Crippen molar-refractivity contribution < 1.29 is 17.6 Å². The van der Waals surface area contributed by atoms with Crippen LogP contribution in [0, 0.1) is 12.7 Å². The summed E-state index contributed by atoms with van der Waals surface area (Å²) in [6.07, 6.45) is 0. The van der Waals surface area contributed by atoms with Gasteiger partial charge in [0.2, 0.25) is 15.2 Å². The number of halogens is 1. The lowest BCUT2D eigenvalue weighted by Crippen LogP contribution is -2.31. The molecule has 1 aromatic heterocycles. The summed E-state index contributed by atoms with van der Waals surface area (Å²) >= 11 is 1.18. The molecular formula is C14H17FN4O3S2. The Balaban J connectivity index is 2.36. The van der Waals surface area contributed by atoms with Crippen LogP contribution in [0.5, 0.6) is 0 Å². The standard InChI is InChI=1S/C14H17FN4O3S2/c1-4-19(5-2)24(21,22)12-8-10(6-7-11(12)15)13(20)16-14-18-17-9(3)23-14/h6-8H,4-5H2,1-3H3,(H,16,18,20). The Kier molecular flexibility index (Phi) is 5.62. The van der Waals surface area contributed by atoms with Crippen molar-refractivity contribution in [1.82, 2.24) is 14.5 Å². The van der Waals surface area contributed by atoms with E-state index < -0.39 is 26.6 Å². The quantitative estimate of drug-likeness (QED) is 0.840. The fourth-order valence-electron chi connectivity index (χ4n) is 2.06. The minimum atomic E-state index is -4.00. The molecular weight excluding hydrogens is 355 g/mol. The smallest absolute Gasteiger partial charge is 0.257 e. The van der Waals surface area contributed by atoms with Crippen LogP contribution in [0.2, 0.25) is 0 Å². The highest BCUT2D eigenvalue weighted by Gasteiger charge is 2.26. The van der Waals surface area contributed by atoms with Crippen LogP contribution in [-0.4, -0.2) is 41.9 Å². The largest absolute Gasteiger partial charge is 0.296 e. The fourth-order valence-corrected chi connectivity index (χ4v) is 4.20. The monoisotopic (exact) mass is 372 g/mol. The second kappa shape index (κ2) is 7.32. The van der Waals surface area contributed by atoms with Crippen LogP contribution in [-0.2, 0) is 10.0 Å². The number of anilines is 1. The molecule has 10 heteroatoms. The summed E-state index contributed by atoms with van der Waals surface area (Å²) in [6.45, 7) is 5.47. The van der Waals surface area contributed by atoms with E-state index in [4.69, 9.17) is 0 Å². The molecule has 2 rings (SSSR count). The first kappa shape index (κ1) is 18.4. The predicted molar refractivity (Wildman–Crippen MR) is 89.1 cm³/mol. The normalized spacial score (nSPS) is 11.7. The van der Waals surface area contributed by atoms with Crippen molar-refractivity contribution in [2.45, 2.75) is 25.7 Å². The van der Waals surface area contributed by atoms with Crippen molar-refractivity contribution in [3.63, 3.8) is 0 Å². The summed E-state index contributed by atoms with van der Waals surface area (Å²) in [5.41, 5.74) is 0.0231. The number of rotatable bonds is 6. The van der Waals surface area contributed by atoms with Crippen LogP contribution in [0.25, 0.3) is 0 Å². The van der Waals surface area contributed by atoms with Gasteiger partial charge in [0.25, 0.3) is 5.91 Å². The van der Waals surface area contributed by atoms with E-state index in [1.807, 2.05) is 0 Å². The van der Waals surface area contributed by atoms with Crippen molar-refractivity contribution in [2.75, 3.05) is 18.4 Å². The number of aryl methyl sites for hydroxylation is 1. The van der Waals surface area contributed by atoms with Crippen molar-refractivity contribution in [3.8, 4) is 0 Å². The van der Waals surface area contributed by atoms with Crippen LogP contribution in [0.3, 0.4) is 0 Å². The molecule has 0 aliphatic carbocycles. The third kappa shape index (κ3) is 3.77. The number of carbonyl (C=O) groups excluding carboxylic acids is 1. The number of sulfonamides is 1. The SMILES string of the molecule is CCN(CC)S(=O)(=O)c1cc(C(=O)Nc2nnc(C)s2)ccc1F. The summed E-state index contributed by atoms with van der Waals surface area (Å²) in [7, 11) is -4.00. The highest BCUT2D eigenvalue weighted by atomic mass is 32.2. The molecule has 1 amide bonds. The van der Waals surface area contributed by atoms with Gasteiger partial charge in [-0.1, -0.05) is 25.2 Å². The van der Waals surface area contributed by atoms with Gasteiger partial charge in [0.1, 0.15) is 15.7 Å². The zero-order valence-corrected chi connectivity index (χ0v) is 15.0. The van der Waals surface area contributed by atoms with E-state index in [1.54, 1.807) is 20.8 Å². The van der Waals surface area contributed by atoms with Gasteiger partial charge in [-0.25, -0.2) is 12.8 Å². The predicted octanol–water partition coefficient (Wildman–Crippen LogP) is 2.27. The molecule has 0 spiro atoms. The van der Waals surface area contributed by atoms with Gasteiger partial charge in [0.05, 0.1) is 0 Å². The van der Waals surface area contributed by atoms with Gasteiger partial charge in [-0.05, 0) is 25.1 Å². The second-order valence-electron chi connectivity index (χ2n) is 4.81. The lowest BCUT2D eigenvalue weighted by atomic mass is 10.2. The highest BCUT2D eigenvalue weighted by molar-refractivity contribution is 7.89. The summed E-state index contributed by atoms with van der Waals surface area (Å²) in [6, 6.07) is 3.22. The zero-order chi connectivity index (χ0) is 17.9. The molecule has 130 valence electrons. The Morgan fingerprint density at radius 1 is 1.29 bits per heavy atom. The number of carbonyl (C=O) groups is 1. The molecule has 0 aliphatic rings. The fraction of sp³-hybridized carbons (Fsp3) is 0.357. The molecule has 0 fully saturated rings. The number of amides is 1. The first-order valence-electron chi connectivity index (χ1n) is 7.20. The van der Waals surface area contributed by atoms with E-state index in [2.05, 4.69) is 15.5 Å². The number of hydrogen-bond acceptors (Lipinski definition) is 6. The first-order chi connectivity index (χ1) is 11.3. The molecule has 0 bridgehead atoms. The Bertz CT molecular complexity index is 847. The topological polar surface area (TPSA) is 92.3 Å². The van der Waals surface area contributed by atoms with Crippen LogP contribution < -0.4 is 5.32 Å². The maximum absolute atomic E-state index is 14.0. The number of nitrogens with zero attached hydrogens (tertiary/aromatic N) is 3. The van der Waals surface area contributed by atoms with Crippen LogP contribution in [0.15, 0.2) is 23.1 Å². The molecule has 0 atom stereocenters. The van der Waals surface area contributed by atoms with E-state index in [0.29, 0.717) is 5.01 Å². The summed E-state index contributed by atoms with van der Waals surface area (Å²) in [4.78, 5) is 11.7. The number of aromatic nitrogens is 2. The van der Waals surface area contributed by atoms with Gasteiger partial charge in [-0.2, -0.15) is 4.31 Å². The van der Waals surface area contributed by atoms with Crippen LogP contribution in [0.4, 0.5) is 9.52 Å². The molecule has 1 aromatic carbocycles. The number of hydrogen-bond donors (Lipinski definition) is 1. The van der Waals surface area contributed by atoms with Crippen molar-refractivity contribution in [1.29, 1.82) is 0 Å². The lowest BCUT2D eigenvalue weighted by Gasteiger charge is -2.19. The van der Waals surface area contributed by atoms with Gasteiger partial charge in [0.15, 0.2) is 0 Å². The van der Waals surface area contributed by atoms with Gasteiger partial charge in [0, 0.05) is 18.7 Å².